The fourth-order valence-corrected chi connectivity index (χ4v) is 2.34. The highest BCUT2D eigenvalue weighted by Gasteiger charge is 2.24. The van der Waals surface area contributed by atoms with Crippen molar-refractivity contribution in [1.29, 1.82) is 0 Å². The molecule has 0 aliphatic carbocycles. The molecule has 0 atom stereocenters. The zero-order valence-electron chi connectivity index (χ0n) is 15.4. The quantitative estimate of drug-likeness (QED) is 0.778. The van der Waals surface area contributed by atoms with Crippen molar-refractivity contribution >= 4 is 17.5 Å². The van der Waals surface area contributed by atoms with Crippen LogP contribution in [-0.4, -0.2) is 44.0 Å². The average molecular weight is 336 g/mol. The van der Waals surface area contributed by atoms with E-state index in [1.807, 2.05) is 27.7 Å². The molecule has 1 aromatic carbocycles. The molecule has 0 saturated heterocycles. The Bertz CT molecular complexity index is 560. The number of methoxy groups -OCH3 is 2. The van der Waals surface area contributed by atoms with E-state index < -0.39 is 11.8 Å². The Hall–Kier alpha value is -2.24. The highest BCUT2D eigenvalue weighted by atomic mass is 16.5. The second-order valence-corrected chi connectivity index (χ2v) is 6.52. The summed E-state index contributed by atoms with van der Waals surface area (Å²) in [5.41, 5.74) is 0.436. The van der Waals surface area contributed by atoms with Crippen molar-refractivity contribution in [2.75, 3.05) is 32.6 Å². The molecule has 0 saturated carbocycles. The van der Waals surface area contributed by atoms with E-state index in [2.05, 4.69) is 5.32 Å². The van der Waals surface area contributed by atoms with E-state index in [0.717, 1.165) is 0 Å². The third-order valence-electron chi connectivity index (χ3n) is 3.31. The molecule has 1 N–H and O–H groups in total. The first-order chi connectivity index (χ1) is 11.3. The van der Waals surface area contributed by atoms with Crippen molar-refractivity contribution in [1.82, 2.24) is 4.90 Å². The van der Waals surface area contributed by atoms with Gasteiger partial charge in [0.1, 0.15) is 11.5 Å². The highest BCUT2D eigenvalue weighted by Crippen LogP contribution is 2.29. The number of amides is 2. The van der Waals surface area contributed by atoms with E-state index >= 15 is 0 Å². The van der Waals surface area contributed by atoms with E-state index in [4.69, 9.17) is 9.47 Å². The fourth-order valence-electron chi connectivity index (χ4n) is 2.34. The first kappa shape index (κ1) is 19.8. The molecule has 0 aliphatic rings. The topological polar surface area (TPSA) is 67.9 Å². The standard InChI is InChI=1S/C18H28N2O4/c1-12(2)10-20(11-13(3)4)18(22)17(21)19-15-8-7-14(23-5)9-16(15)24-6/h7-9,12-13H,10-11H2,1-6H3,(H,19,21). The molecule has 0 unspecified atom stereocenters. The number of nitrogens with one attached hydrogen (secondary N) is 1. The van der Waals surface area contributed by atoms with Crippen LogP contribution in [0, 0.1) is 11.8 Å². The van der Waals surface area contributed by atoms with Crippen LogP contribution in [0.1, 0.15) is 27.7 Å². The van der Waals surface area contributed by atoms with Crippen LogP contribution in [0.15, 0.2) is 18.2 Å². The highest BCUT2D eigenvalue weighted by molar-refractivity contribution is 6.39. The Morgan fingerprint density at radius 2 is 1.62 bits per heavy atom. The van der Waals surface area contributed by atoms with E-state index in [0.29, 0.717) is 30.3 Å². The zero-order chi connectivity index (χ0) is 18.3. The Morgan fingerprint density at radius 1 is 1.04 bits per heavy atom. The summed E-state index contributed by atoms with van der Waals surface area (Å²) in [5.74, 6) is 0.425. The summed E-state index contributed by atoms with van der Waals surface area (Å²) in [6.07, 6.45) is 0. The van der Waals surface area contributed by atoms with Gasteiger partial charge in [-0.15, -0.1) is 0 Å². The second-order valence-electron chi connectivity index (χ2n) is 6.52. The SMILES string of the molecule is COc1ccc(NC(=O)C(=O)N(CC(C)C)CC(C)C)c(OC)c1. The smallest absolute Gasteiger partial charge is 0.314 e. The van der Waals surface area contributed by atoms with Crippen molar-refractivity contribution in [2.24, 2.45) is 11.8 Å². The minimum absolute atomic E-state index is 0.288. The summed E-state index contributed by atoms with van der Waals surface area (Å²) >= 11 is 0. The molecule has 0 bridgehead atoms. The van der Waals surface area contributed by atoms with Crippen molar-refractivity contribution < 1.29 is 19.1 Å². The van der Waals surface area contributed by atoms with Crippen LogP contribution in [0.4, 0.5) is 5.69 Å². The van der Waals surface area contributed by atoms with Crippen molar-refractivity contribution in [3.63, 3.8) is 0 Å². The first-order valence-corrected chi connectivity index (χ1v) is 8.10. The summed E-state index contributed by atoms with van der Waals surface area (Å²) in [6.45, 7) is 9.17. The third-order valence-corrected chi connectivity index (χ3v) is 3.31. The van der Waals surface area contributed by atoms with Crippen LogP contribution in [0.3, 0.4) is 0 Å². The Labute approximate surface area is 144 Å². The van der Waals surface area contributed by atoms with E-state index in [-0.39, 0.29) is 11.8 Å². The monoisotopic (exact) mass is 336 g/mol. The maximum atomic E-state index is 12.5. The molecule has 24 heavy (non-hydrogen) atoms. The van der Waals surface area contributed by atoms with Gasteiger partial charge in [-0.3, -0.25) is 9.59 Å². The van der Waals surface area contributed by atoms with Gasteiger partial charge in [0, 0.05) is 19.2 Å². The van der Waals surface area contributed by atoms with Gasteiger partial charge in [-0.05, 0) is 24.0 Å². The summed E-state index contributed by atoms with van der Waals surface area (Å²) in [7, 11) is 3.04. The van der Waals surface area contributed by atoms with Gasteiger partial charge in [-0.1, -0.05) is 27.7 Å². The Kier molecular flexibility index (Phi) is 7.55. The fraction of sp³-hybridized carbons (Fsp3) is 0.556. The molecule has 1 aromatic rings. The molecule has 2 amide bonds. The molecule has 0 aromatic heterocycles. The van der Waals surface area contributed by atoms with Gasteiger partial charge in [0.25, 0.3) is 0 Å². The molecule has 134 valence electrons. The first-order valence-electron chi connectivity index (χ1n) is 8.10. The van der Waals surface area contributed by atoms with Crippen LogP contribution < -0.4 is 14.8 Å². The molecular weight excluding hydrogens is 308 g/mol. The Morgan fingerprint density at radius 3 is 2.08 bits per heavy atom. The van der Waals surface area contributed by atoms with Gasteiger partial charge in [0.2, 0.25) is 0 Å². The minimum Gasteiger partial charge on any atom is -0.497 e. The number of anilines is 1. The van der Waals surface area contributed by atoms with Crippen LogP contribution in [0.5, 0.6) is 11.5 Å². The molecule has 1 rings (SSSR count). The molecule has 6 nitrogen and oxygen atoms in total. The number of hydrogen-bond donors (Lipinski definition) is 1. The Balaban J connectivity index is 2.90. The van der Waals surface area contributed by atoms with Crippen molar-refractivity contribution in [3.05, 3.63) is 18.2 Å². The van der Waals surface area contributed by atoms with Gasteiger partial charge in [-0.2, -0.15) is 0 Å². The second kappa shape index (κ2) is 9.15. The number of nitrogens with zero attached hydrogens (tertiary/aromatic N) is 1. The molecule has 0 radical (unpaired) electrons. The van der Waals surface area contributed by atoms with Gasteiger partial charge >= 0.3 is 11.8 Å². The maximum Gasteiger partial charge on any atom is 0.314 e. The van der Waals surface area contributed by atoms with E-state index in [1.54, 1.807) is 30.2 Å². The molecule has 0 spiro atoms. The van der Waals surface area contributed by atoms with Gasteiger partial charge in [-0.25, -0.2) is 0 Å². The summed E-state index contributed by atoms with van der Waals surface area (Å²) in [4.78, 5) is 26.4. The van der Waals surface area contributed by atoms with Gasteiger partial charge in [0.05, 0.1) is 19.9 Å². The predicted molar refractivity (Wildman–Crippen MR) is 94.4 cm³/mol. The van der Waals surface area contributed by atoms with E-state index in [9.17, 15) is 9.59 Å². The number of rotatable bonds is 7. The maximum absolute atomic E-state index is 12.5. The lowest BCUT2D eigenvalue weighted by Gasteiger charge is -2.25. The lowest BCUT2D eigenvalue weighted by molar-refractivity contribution is -0.143. The number of carbonyl (C=O) groups excluding carboxylic acids is 2. The van der Waals surface area contributed by atoms with Crippen LogP contribution in [0.25, 0.3) is 0 Å². The number of ether oxygens (including phenoxy) is 2. The summed E-state index contributed by atoms with van der Waals surface area (Å²) in [5, 5.41) is 2.63. The lowest BCUT2D eigenvalue weighted by atomic mass is 10.1. The van der Waals surface area contributed by atoms with Crippen LogP contribution >= 0.6 is 0 Å². The molecule has 6 heteroatoms. The van der Waals surface area contributed by atoms with Crippen LogP contribution in [-0.2, 0) is 9.59 Å². The normalized spacial score (nSPS) is 10.7. The zero-order valence-corrected chi connectivity index (χ0v) is 15.4. The van der Waals surface area contributed by atoms with Gasteiger partial charge < -0.3 is 19.7 Å². The number of carbonyl (C=O) groups is 2. The van der Waals surface area contributed by atoms with Crippen molar-refractivity contribution in [2.45, 2.75) is 27.7 Å². The summed E-state index contributed by atoms with van der Waals surface area (Å²) < 4.78 is 10.4. The lowest BCUT2D eigenvalue weighted by Crippen LogP contribution is -2.43. The molecule has 0 heterocycles. The van der Waals surface area contributed by atoms with Gasteiger partial charge in [0.15, 0.2) is 0 Å². The minimum atomic E-state index is -0.667. The average Bonchev–Trinajstić information content (AvgIpc) is 2.52. The largest absolute Gasteiger partial charge is 0.497 e. The van der Waals surface area contributed by atoms with Crippen molar-refractivity contribution in [3.8, 4) is 11.5 Å². The van der Waals surface area contributed by atoms with Crippen LogP contribution in [0.2, 0.25) is 0 Å². The molecule has 0 fully saturated rings. The third kappa shape index (κ3) is 5.76. The molecular formula is C18H28N2O4. The number of benzene rings is 1. The van der Waals surface area contributed by atoms with E-state index in [1.165, 1.54) is 7.11 Å². The predicted octanol–water partition coefficient (Wildman–Crippen LogP) is 2.78. The number of hydrogen-bond acceptors (Lipinski definition) is 4. The summed E-state index contributed by atoms with van der Waals surface area (Å²) in [6, 6.07) is 5.00. The molecule has 0 aliphatic heterocycles.